The molecule has 1 aliphatic rings. The average Bonchev–Trinajstić information content (AvgIpc) is 3.63. The molecule has 3 amide bonds. The zero-order chi connectivity index (χ0) is 26.7. The molecule has 37 heavy (non-hydrogen) atoms. The van der Waals surface area contributed by atoms with Crippen LogP contribution in [0.2, 0.25) is 5.15 Å². The number of rotatable bonds is 10. The number of aromatic nitrogens is 3. The Balaban J connectivity index is 1.53. The molecule has 1 aliphatic carbocycles. The minimum Gasteiger partial charge on any atom is -0.394 e. The van der Waals surface area contributed by atoms with Crippen LogP contribution < -0.4 is 16.4 Å². The number of fused-ring (bicyclic) bond motifs is 1. The van der Waals surface area contributed by atoms with Gasteiger partial charge in [0.1, 0.15) is 35.8 Å². The molecule has 0 radical (unpaired) electrons. The summed E-state index contributed by atoms with van der Waals surface area (Å²) in [6.45, 7) is 0.478. The zero-order valence-electron chi connectivity index (χ0n) is 20.0. The molecule has 4 rings (SSSR count). The summed E-state index contributed by atoms with van der Waals surface area (Å²) >= 11 is 5.87. The number of aliphatic hydroxyl groups excluding tert-OH is 1. The molecule has 0 aliphatic heterocycles. The van der Waals surface area contributed by atoms with Gasteiger partial charge in [-0.2, -0.15) is 5.10 Å². The summed E-state index contributed by atoms with van der Waals surface area (Å²) in [5.74, 6) is -1.36. The van der Waals surface area contributed by atoms with E-state index in [4.69, 9.17) is 22.4 Å². The number of halogens is 1. The molecular formula is C24H26ClN7O5. The number of hydrogen-bond donors (Lipinski definition) is 4. The third kappa shape index (κ3) is 6.28. The van der Waals surface area contributed by atoms with Crippen molar-refractivity contribution in [2.75, 3.05) is 23.8 Å². The number of amides is 3. The molecule has 12 nitrogen and oxygen atoms in total. The van der Waals surface area contributed by atoms with E-state index in [0.29, 0.717) is 16.6 Å². The van der Waals surface area contributed by atoms with Gasteiger partial charge in [0.05, 0.1) is 12.1 Å². The number of hydrogen-bond acceptors (Lipinski definition) is 8. The summed E-state index contributed by atoms with van der Waals surface area (Å²) in [6, 6.07) is 8.46. The lowest BCUT2D eigenvalue weighted by molar-refractivity contribution is -0.135. The fourth-order valence-corrected chi connectivity index (χ4v) is 3.96. The van der Waals surface area contributed by atoms with Gasteiger partial charge in [0, 0.05) is 24.0 Å². The molecule has 13 heteroatoms. The first-order chi connectivity index (χ1) is 17.7. The smallest absolute Gasteiger partial charge is 0.245 e. The predicted octanol–water partition coefficient (Wildman–Crippen LogP) is 1.18. The Hall–Kier alpha value is -3.87. The van der Waals surface area contributed by atoms with Gasteiger partial charge in [-0.1, -0.05) is 17.7 Å². The molecule has 1 saturated carbocycles. The Morgan fingerprint density at radius 1 is 1.22 bits per heavy atom. The third-order valence-corrected chi connectivity index (χ3v) is 5.99. The summed E-state index contributed by atoms with van der Waals surface area (Å²) < 4.78 is 1.41. The van der Waals surface area contributed by atoms with Gasteiger partial charge in [-0.15, -0.1) is 0 Å². The number of Topliss-reactive ketones (excluding diaryl/α,β-unsaturated/α-hetero) is 1. The third-order valence-electron chi connectivity index (χ3n) is 5.77. The monoisotopic (exact) mass is 527 g/mol. The Kier molecular flexibility index (Phi) is 7.81. The standard InChI is InChI=1S/C24H26ClN7O5/c1-13(34)23-16-9-14(27-24(37)17(26)12-33)5-8-18(16)32(30-23)11-22(36)31(15-6-7-15)10-21(35)29-20-4-2-3-19(25)28-20/h2-5,8-9,15,17,33H,6-7,10-12,26H2,1H3,(H,27,37)(H,28,29,35). The molecule has 1 aromatic carbocycles. The van der Waals surface area contributed by atoms with Crippen molar-refractivity contribution in [3.8, 4) is 0 Å². The summed E-state index contributed by atoms with van der Waals surface area (Å²) in [4.78, 5) is 55.7. The average molecular weight is 528 g/mol. The second-order valence-electron chi connectivity index (χ2n) is 8.72. The van der Waals surface area contributed by atoms with Crippen LogP contribution in [-0.2, 0) is 20.9 Å². The van der Waals surface area contributed by atoms with E-state index in [9.17, 15) is 19.2 Å². The van der Waals surface area contributed by atoms with Crippen molar-refractivity contribution in [1.29, 1.82) is 0 Å². The van der Waals surface area contributed by atoms with Crippen molar-refractivity contribution in [3.05, 3.63) is 47.2 Å². The van der Waals surface area contributed by atoms with Gasteiger partial charge in [-0.3, -0.25) is 23.9 Å². The number of carbonyl (C=O) groups excluding carboxylic acids is 4. The maximum absolute atomic E-state index is 13.2. The molecule has 2 heterocycles. The summed E-state index contributed by atoms with van der Waals surface area (Å²) in [7, 11) is 0. The molecule has 0 spiro atoms. The number of aliphatic hydroxyl groups is 1. The van der Waals surface area contributed by atoms with Crippen molar-refractivity contribution < 1.29 is 24.3 Å². The SMILES string of the molecule is CC(=O)c1nn(CC(=O)N(CC(=O)Nc2cccc(Cl)n2)C2CC2)c2ccc(NC(=O)C(N)CO)cc12. The Morgan fingerprint density at radius 2 is 1.97 bits per heavy atom. The summed E-state index contributed by atoms with van der Waals surface area (Å²) in [6.07, 6.45) is 1.57. The van der Waals surface area contributed by atoms with Crippen LogP contribution in [0.4, 0.5) is 11.5 Å². The van der Waals surface area contributed by atoms with Crippen LogP contribution in [0.3, 0.4) is 0 Å². The molecule has 0 bridgehead atoms. The fourth-order valence-electron chi connectivity index (χ4n) is 3.80. The lowest BCUT2D eigenvalue weighted by atomic mass is 10.1. The van der Waals surface area contributed by atoms with Gasteiger partial charge in [-0.05, 0) is 43.2 Å². The molecule has 0 saturated heterocycles. The van der Waals surface area contributed by atoms with E-state index in [2.05, 4.69) is 20.7 Å². The molecule has 1 unspecified atom stereocenters. The number of pyridine rings is 1. The minimum atomic E-state index is -1.09. The predicted molar refractivity (Wildman–Crippen MR) is 136 cm³/mol. The molecule has 1 atom stereocenters. The summed E-state index contributed by atoms with van der Waals surface area (Å²) in [5.41, 5.74) is 6.54. The molecule has 2 aromatic heterocycles. The number of nitrogens with two attached hydrogens (primary N) is 1. The number of anilines is 2. The summed E-state index contributed by atoms with van der Waals surface area (Å²) in [5, 5.41) is 19.3. The first-order valence-corrected chi connectivity index (χ1v) is 11.9. The fraction of sp³-hybridized carbons (Fsp3) is 0.333. The van der Waals surface area contributed by atoms with E-state index < -0.39 is 24.5 Å². The number of ketones is 1. The Labute approximate surface area is 216 Å². The van der Waals surface area contributed by atoms with Crippen molar-refractivity contribution in [1.82, 2.24) is 19.7 Å². The molecule has 194 valence electrons. The van der Waals surface area contributed by atoms with Gasteiger partial charge in [0.25, 0.3) is 0 Å². The van der Waals surface area contributed by atoms with Gasteiger partial charge >= 0.3 is 0 Å². The molecule has 3 aromatic rings. The quantitative estimate of drug-likeness (QED) is 0.224. The van der Waals surface area contributed by atoms with E-state index in [1.807, 2.05) is 0 Å². The van der Waals surface area contributed by atoms with Crippen LogP contribution in [0.15, 0.2) is 36.4 Å². The van der Waals surface area contributed by atoms with Crippen molar-refractivity contribution >= 4 is 57.5 Å². The Morgan fingerprint density at radius 3 is 2.62 bits per heavy atom. The first kappa shape index (κ1) is 26.2. The number of nitrogens with zero attached hydrogens (tertiary/aromatic N) is 4. The minimum absolute atomic E-state index is 0.0581. The molecule has 5 N–H and O–H groups in total. The van der Waals surface area contributed by atoms with E-state index in [-0.39, 0.29) is 47.5 Å². The van der Waals surface area contributed by atoms with Crippen LogP contribution in [0.5, 0.6) is 0 Å². The number of carbonyl (C=O) groups is 4. The maximum Gasteiger partial charge on any atom is 0.245 e. The normalized spacial score (nSPS) is 13.7. The second kappa shape index (κ2) is 11.0. The van der Waals surface area contributed by atoms with Crippen LogP contribution in [0.25, 0.3) is 10.9 Å². The molecule has 1 fully saturated rings. The second-order valence-corrected chi connectivity index (χ2v) is 9.11. The van der Waals surface area contributed by atoms with Crippen molar-refractivity contribution in [2.24, 2.45) is 5.73 Å². The highest BCUT2D eigenvalue weighted by Crippen LogP contribution is 2.28. The van der Waals surface area contributed by atoms with E-state index in [0.717, 1.165) is 12.8 Å². The largest absolute Gasteiger partial charge is 0.394 e. The lowest BCUT2D eigenvalue weighted by Crippen LogP contribution is -2.41. The van der Waals surface area contributed by atoms with Crippen LogP contribution in [-0.4, -0.2) is 73.5 Å². The van der Waals surface area contributed by atoms with Crippen LogP contribution in [0, 0.1) is 0 Å². The van der Waals surface area contributed by atoms with Crippen molar-refractivity contribution in [3.63, 3.8) is 0 Å². The van der Waals surface area contributed by atoms with E-state index in [1.54, 1.807) is 36.4 Å². The number of benzene rings is 1. The highest BCUT2D eigenvalue weighted by molar-refractivity contribution is 6.29. The van der Waals surface area contributed by atoms with E-state index in [1.165, 1.54) is 16.5 Å². The number of nitrogens with one attached hydrogen (secondary N) is 2. The van der Waals surface area contributed by atoms with Gasteiger partial charge in [0.15, 0.2) is 5.78 Å². The zero-order valence-corrected chi connectivity index (χ0v) is 20.7. The van der Waals surface area contributed by atoms with Crippen LogP contribution in [0.1, 0.15) is 30.3 Å². The van der Waals surface area contributed by atoms with Crippen LogP contribution >= 0.6 is 11.6 Å². The van der Waals surface area contributed by atoms with Gasteiger partial charge in [-0.25, -0.2) is 4.98 Å². The highest BCUT2D eigenvalue weighted by atomic mass is 35.5. The maximum atomic E-state index is 13.2. The van der Waals surface area contributed by atoms with Crippen molar-refractivity contribution in [2.45, 2.75) is 38.4 Å². The lowest BCUT2D eigenvalue weighted by Gasteiger charge is -2.22. The first-order valence-electron chi connectivity index (χ1n) is 11.6. The van der Waals surface area contributed by atoms with Gasteiger partial charge < -0.3 is 26.4 Å². The van der Waals surface area contributed by atoms with Gasteiger partial charge in [0.2, 0.25) is 17.7 Å². The van der Waals surface area contributed by atoms with E-state index >= 15 is 0 Å². The Bertz CT molecular complexity index is 1370. The molecular weight excluding hydrogens is 502 g/mol. The topological polar surface area (TPSA) is 173 Å². The highest BCUT2D eigenvalue weighted by Gasteiger charge is 2.34.